The van der Waals surface area contributed by atoms with Crippen molar-refractivity contribution in [3.05, 3.63) is 0 Å². The fourth-order valence-electron chi connectivity index (χ4n) is 8.74. The van der Waals surface area contributed by atoms with Gasteiger partial charge in [-0.1, -0.05) is 34.1 Å². The number of ether oxygens (including phenoxy) is 1. The lowest BCUT2D eigenvalue weighted by molar-refractivity contribution is -0.209. The molecule has 0 aromatic carbocycles. The molecule has 4 rings (SSSR count). The summed E-state index contributed by atoms with van der Waals surface area (Å²) in [5.41, 5.74) is 0.0764. The largest absolute Gasteiger partial charge is 0.463 e. The van der Waals surface area contributed by atoms with E-state index >= 15 is 0 Å². The fourth-order valence-corrected chi connectivity index (χ4v) is 8.74. The molecule has 0 aromatic heterocycles. The molecule has 0 aliphatic heterocycles. The van der Waals surface area contributed by atoms with Crippen molar-refractivity contribution in [2.75, 3.05) is 0 Å². The van der Waals surface area contributed by atoms with E-state index < -0.39 is 0 Å². The molecular weight excluding hydrogens is 364 g/mol. The maximum absolute atomic E-state index is 11.5. The second-order valence-corrected chi connectivity index (χ2v) is 11.5. The van der Waals surface area contributed by atoms with Crippen LogP contribution in [0.3, 0.4) is 0 Å². The van der Waals surface area contributed by atoms with Crippen molar-refractivity contribution >= 4 is 5.97 Å². The Morgan fingerprint density at radius 3 is 2.48 bits per heavy atom. The first kappa shape index (κ1) is 21.6. The Morgan fingerprint density at radius 2 is 1.83 bits per heavy atom. The fraction of sp³-hybridized carbons (Fsp3) is 0.960. The molecule has 4 heteroatoms. The van der Waals surface area contributed by atoms with E-state index in [4.69, 9.17) is 4.74 Å². The summed E-state index contributed by atoms with van der Waals surface area (Å²) in [4.78, 5) is 11.5. The Bertz CT molecular complexity index is 634. The first-order valence-corrected chi connectivity index (χ1v) is 12.2. The smallest absolute Gasteiger partial charge is 0.302 e. The number of rotatable bonds is 3. The maximum Gasteiger partial charge on any atom is 0.302 e. The highest BCUT2D eigenvalue weighted by atomic mass is 16.5. The number of hydrogen-bond donors (Lipinski definition) is 2. The van der Waals surface area contributed by atoms with Gasteiger partial charge < -0.3 is 14.9 Å². The molecule has 0 spiro atoms. The Kier molecular flexibility index (Phi) is 5.60. The highest BCUT2D eigenvalue weighted by Gasteiger charge is 2.65. The molecule has 0 radical (unpaired) electrons. The second-order valence-electron chi connectivity index (χ2n) is 11.5. The summed E-state index contributed by atoms with van der Waals surface area (Å²) < 4.78 is 5.55. The van der Waals surface area contributed by atoms with Gasteiger partial charge in [-0.25, -0.2) is 0 Å². The van der Waals surface area contributed by atoms with Crippen LogP contribution in [0.1, 0.15) is 86.0 Å². The van der Waals surface area contributed by atoms with Gasteiger partial charge in [-0.2, -0.15) is 0 Å². The number of esters is 1. The minimum Gasteiger partial charge on any atom is -0.463 e. The first-order valence-electron chi connectivity index (χ1n) is 12.2. The van der Waals surface area contributed by atoms with Crippen molar-refractivity contribution in [2.45, 2.75) is 104 Å². The molecular formula is C25H42O4. The van der Waals surface area contributed by atoms with Gasteiger partial charge in [0.1, 0.15) is 6.10 Å². The predicted molar refractivity (Wildman–Crippen MR) is 113 cm³/mol. The molecule has 2 N–H and O–H groups in total. The maximum atomic E-state index is 11.5. The van der Waals surface area contributed by atoms with Crippen molar-refractivity contribution in [1.82, 2.24) is 0 Å². The zero-order chi connectivity index (χ0) is 21.1. The molecule has 6 unspecified atom stereocenters. The monoisotopic (exact) mass is 406 g/mol. The van der Waals surface area contributed by atoms with Crippen LogP contribution in [-0.4, -0.2) is 34.5 Å². The Morgan fingerprint density at radius 1 is 1.10 bits per heavy atom. The summed E-state index contributed by atoms with van der Waals surface area (Å²) in [6.45, 7) is 10.8. The Hall–Kier alpha value is -0.610. The third kappa shape index (κ3) is 3.19. The van der Waals surface area contributed by atoms with E-state index in [1.54, 1.807) is 0 Å². The van der Waals surface area contributed by atoms with E-state index in [-0.39, 0.29) is 35.1 Å². The molecule has 4 nitrogen and oxygen atoms in total. The van der Waals surface area contributed by atoms with E-state index in [9.17, 15) is 15.0 Å². The van der Waals surface area contributed by atoms with Crippen LogP contribution >= 0.6 is 0 Å². The van der Waals surface area contributed by atoms with E-state index in [1.807, 2.05) is 0 Å². The predicted octanol–water partition coefficient (Wildman–Crippen LogP) is 4.56. The molecule has 0 heterocycles. The lowest BCUT2D eigenvalue weighted by Crippen LogP contribution is -2.62. The quantitative estimate of drug-likeness (QED) is 0.674. The van der Waals surface area contributed by atoms with E-state index in [0.29, 0.717) is 35.5 Å². The van der Waals surface area contributed by atoms with Crippen LogP contribution < -0.4 is 0 Å². The third-order valence-electron chi connectivity index (χ3n) is 10.5. The number of carbonyl (C=O) groups excluding carboxylic acids is 1. The van der Waals surface area contributed by atoms with Crippen LogP contribution in [0, 0.1) is 46.3 Å². The van der Waals surface area contributed by atoms with Crippen LogP contribution in [0.5, 0.6) is 0 Å². The third-order valence-corrected chi connectivity index (χ3v) is 10.5. The summed E-state index contributed by atoms with van der Waals surface area (Å²) in [5, 5.41) is 22.9. The summed E-state index contributed by atoms with van der Waals surface area (Å²) in [6.07, 6.45) is 7.40. The van der Waals surface area contributed by atoms with Gasteiger partial charge in [0, 0.05) is 6.92 Å². The van der Waals surface area contributed by atoms with Gasteiger partial charge >= 0.3 is 5.97 Å². The van der Waals surface area contributed by atoms with Crippen LogP contribution in [0.4, 0.5) is 0 Å². The highest BCUT2D eigenvalue weighted by molar-refractivity contribution is 5.66. The number of hydrogen-bond acceptors (Lipinski definition) is 4. The molecule has 29 heavy (non-hydrogen) atoms. The first-order chi connectivity index (χ1) is 13.6. The molecule has 4 aliphatic carbocycles. The SMILES string of the molecule is CCC(C)C1CCC2C3C(C[C@H](O)[C@]12C)[C@@]1(C)CC[C@@H](OC(C)=O)CC1C[C@H]3O. The van der Waals surface area contributed by atoms with Gasteiger partial charge in [0.25, 0.3) is 0 Å². The van der Waals surface area contributed by atoms with E-state index in [2.05, 4.69) is 27.7 Å². The van der Waals surface area contributed by atoms with E-state index in [0.717, 1.165) is 44.9 Å². The van der Waals surface area contributed by atoms with Gasteiger partial charge in [-0.15, -0.1) is 0 Å². The van der Waals surface area contributed by atoms with Crippen molar-refractivity contribution in [2.24, 2.45) is 46.3 Å². The summed E-state index contributed by atoms with van der Waals surface area (Å²) in [7, 11) is 0. The summed E-state index contributed by atoms with van der Waals surface area (Å²) in [6, 6.07) is 0. The van der Waals surface area contributed by atoms with Crippen LogP contribution in [0.25, 0.3) is 0 Å². The summed E-state index contributed by atoms with van der Waals surface area (Å²) >= 11 is 0. The van der Waals surface area contributed by atoms with Gasteiger partial charge in [-0.05, 0) is 91.3 Å². The summed E-state index contributed by atoms with van der Waals surface area (Å²) in [5.74, 6) is 2.47. The van der Waals surface area contributed by atoms with Crippen molar-refractivity contribution in [1.29, 1.82) is 0 Å². The molecule has 4 saturated carbocycles. The molecule has 0 bridgehead atoms. The number of fused-ring (bicyclic) bond motifs is 5. The second kappa shape index (κ2) is 7.51. The lowest BCUT2D eigenvalue weighted by Gasteiger charge is -2.63. The molecule has 4 aliphatic rings. The number of aliphatic hydroxyl groups excluding tert-OH is 2. The zero-order valence-electron chi connectivity index (χ0n) is 19.1. The standard InChI is InChI=1S/C25H42O4/c1-6-14(2)18-7-8-19-23-20(13-22(28)25(18,19)5)24(4)10-9-17(29-15(3)26)11-16(24)12-21(23)27/h14,16-23,27-28H,6-13H2,1-5H3/t14?,16?,17-,18?,19?,20?,21-,22+,23?,24+,25-/m1/s1. The Balaban J connectivity index is 1.61. The highest BCUT2D eigenvalue weighted by Crippen LogP contribution is 2.68. The van der Waals surface area contributed by atoms with Gasteiger partial charge in [0.05, 0.1) is 12.2 Å². The van der Waals surface area contributed by atoms with Crippen molar-refractivity contribution in [3.63, 3.8) is 0 Å². The molecule has 11 atom stereocenters. The van der Waals surface area contributed by atoms with Crippen molar-refractivity contribution in [3.8, 4) is 0 Å². The minimum atomic E-state index is -0.290. The van der Waals surface area contributed by atoms with Gasteiger partial charge in [0.15, 0.2) is 0 Å². The van der Waals surface area contributed by atoms with Gasteiger partial charge in [-0.3, -0.25) is 4.79 Å². The van der Waals surface area contributed by atoms with Crippen LogP contribution in [0.15, 0.2) is 0 Å². The molecule has 4 fully saturated rings. The zero-order valence-corrected chi connectivity index (χ0v) is 19.1. The molecule has 0 aromatic rings. The van der Waals surface area contributed by atoms with Crippen LogP contribution in [-0.2, 0) is 9.53 Å². The Labute approximate surface area is 176 Å². The average molecular weight is 407 g/mol. The normalized spacial score (nSPS) is 52.8. The van der Waals surface area contributed by atoms with Crippen LogP contribution in [0.2, 0.25) is 0 Å². The average Bonchev–Trinajstić information content (AvgIpc) is 3.01. The minimum absolute atomic E-state index is 0.00521. The molecule has 166 valence electrons. The van der Waals surface area contributed by atoms with Gasteiger partial charge in [0.2, 0.25) is 0 Å². The molecule has 0 saturated heterocycles. The number of carbonyl (C=O) groups is 1. The molecule has 0 amide bonds. The lowest BCUT2D eigenvalue weighted by atomic mass is 9.43. The topological polar surface area (TPSA) is 66.8 Å². The van der Waals surface area contributed by atoms with E-state index in [1.165, 1.54) is 13.3 Å². The number of aliphatic hydroxyl groups is 2. The van der Waals surface area contributed by atoms with Crippen molar-refractivity contribution < 1.29 is 19.7 Å².